The highest BCUT2D eigenvalue weighted by atomic mass is 16.7. The molecule has 2 aliphatic rings. The van der Waals surface area contributed by atoms with Gasteiger partial charge in [0.2, 0.25) is 0 Å². The predicted molar refractivity (Wildman–Crippen MR) is 122 cm³/mol. The van der Waals surface area contributed by atoms with Crippen LogP contribution in [0.2, 0.25) is 0 Å². The Kier molecular flexibility index (Phi) is 9.01. The van der Waals surface area contributed by atoms with Gasteiger partial charge in [-0.2, -0.15) is 0 Å². The zero-order chi connectivity index (χ0) is 23.1. The van der Waals surface area contributed by atoms with Gasteiger partial charge in [-0.1, -0.05) is 41.5 Å². The minimum Gasteiger partial charge on any atom is -0.465 e. The van der Waals surface area contributed by atoms with Crippen molar-refractivity contribution < 1.29 is 23.8 Å². The highest BCUT2D eigenvalue weighted by Crippen LogP contribution is 2.41. The largest absolute Gasteiger partial charge is 0.465 e. The summed E-state index contributed by atoms with van der Waals surface area (Å²) in [6, 6.07) is 0. The molecule has 1 fully saturated rings. The molecule has 0 N–H and O–H groups in total. The Labute approximate surface area is 187 Å². The van der Waals surface area contributed by atoms with Gasteiger partial charge in [0.1, 0.15) is 0 Å². The molecule has 0 aromatic heterocycles. The van der Waals surface area contributed by atoms with Crippen LogP contribution < -0.4 is 0 Å². The first kappa shape index (κ1) is 25.3. The third kappa shape index (κ3) is 7.58. The fourth-order valence-corrected chi connectivity index (χ4v) is 3.97. The number of ketones is 1. The van der Waals surface area contributed by atoms with Crippen molar-refractivity contribution in [2.24, 2.45) is 5.41 Å². The van der Waals surface area contributed by atoms with Gasteiger partial charge >= 0.3 is 5.97 Å². The van der Waals surface area contributed by atoms with Crippen LogP contribution in [0.25, 0.3) is 0 Å². The molecule has 172 valence electrons. The van der Waals surface area contributed by atoms with E-state index in [1.54, 1.807) is 6.08 Å². The minimum atomic E-state index is -0.900. The molecule has 1 aliphatic heterocycles. The predicted octanol–water partition coefficient (Wildman–Crippen LogP) is 5.61. The summed E-state index contributed by atoms with van der Waals surface area (Å²) >= 11 is 0. The Hall–Kier alpha value is -1.98. The second-order valence-electron chi connectivity index (χ2n) is 9.20. The van der Waals surface area contributed by atoms with E-state index in [-0.39, 0.29) is 24.3 Å². The lowest BCUT2D eigenvalue weighted by atomic mass is 9.77. The molecular weight excluding hydrogens is 392 g/mol. The van der Waals surface area contributed by atoms with Crippen LogP contribution in [0, 0.1) is 5.41 Å². The maximum atomic E-state index is 13.0. The fraction of sp³-hybridized carbons (Fsp3) is 0.615. The van der Waals surface area contributed by atoms with Gasteiger partial charge < -0.3 is 14.2 Å². The normalized spacial score (nSPS) is 35.6. The molecule has 0 unspecified atom stereocenters. The average molecular weight is 431 g/mol. The highest BCUT2D eigenvalue weighted by Gasteiger charge is 2.49. The monoisotopic (exact) mass is 430 g/mol. The van der Waals surface area contributed by atoms with E-state index in [1.807, 2.05) is 47.6 Å². The smallest absolute Gasteiger partial charge is 0.314 e. The number of carbonyl (C=O) groups excluding carboxylic acids is 2. The average Bonchev–Trinajstić information content (AvgIpc) is 2.68. The van der Waals surface area contributed by atoms with Gasteiger partial charge in [0.05, 0.1) is 24.2 Å². The summed E-state index contributed by atoms with van der Waals surface area (Å²) in [7, 11) is 0. The Balaban J connectivity index is 2.42. The summed E-state index contributed by atoms with van der Waals surface area (Å²) in [6.07, 6.45) is 14.2. The van der Waals surface area contributed by atoms with Crippen LogP contribution in [-0.2, 0) is 23.8 Å². The molecule has 0 aromatic rings. The summed E-state index contributed by atoms with van der Waals surface area (Å²) in [6.45, 7) is 11.7. The molecule has 1 saturated heterocycles. The van der Waals surface area contributed by atoms with Gasteiger partial charge in [0.15, 0.2) is 11.6 Å². The Bertz CT molecular complexity index is 771. The van der Waals surface area contributed by atoms with Crippen LogP contribution in [0.5, 0.6) is 0 Å². The molecule has 1 heterocycles. The minimum absolute atomic E-state index is 0.00647. The van der Waals surface area contributed by atoms with Crippen LogP contribution in [0.4, 0.5) is 0 Å². The Morgan fingerprint density at radius 2 is 1.77 bits per heavy atom. The Morgan fingerprint density at radius 1 is 1.06 bits per heavy atom. The molecule has 5 nitrogen and oxygen atoms in total. The van der Waals surface area contributed by atoms with E-state index in [4.69, 9.17) is 14.2 Å². The summed E-state index contributed by atoms with van der Waals surface area (Å²) in [5.74, 6) is -1.18. The van der Waals surface area contributed by atoms with Gasteiger partial charge in [-0.15, -0.1) is 0 Å². The Morgan fingerprint density at radius 3 is 2.48 bits per heavy atom. The van der Waals surface area contributed by atoms with E-state index in [2.05, 4.69) is 24.3 Å². The van der Waals surface area contributed by atoms with Crippen molar-refractivity contribution in [3.05, 3.63) is 47.6 Å². The van der Waals surface area contributed by atoms with Crippen molar-refractivity contribution >= 4 is 11.8 Å². The maximum Gasteiger partial charge on any atom is 0.314 e. The van der Waals surface area contributed by atoms with Gasteiger partial charge in [-0.25, -0.2) is 0 Å². The first-order chi connectivity index (χ1) is 14.6. The molecule has 0 amide bonds. The highest BCUT2D eigenvalue weighted by molar-refractivity contribution is 5.90. The first-order valence-corrected chi connectivity index (χ1v) is 11.3. The lowest BCUT2D eigenvalue weighted by molar-refractivity contribution is -0.315. The molecule has 1 aliphatic carbocycles. The van der Waals surface area contributed by atoms with Gasteiger partial charge in [0.25, 0.3) is 0 Å². The SMILES string of the molecule is CCOC(=O)[C@]1(C)C/C=C(C)/C=C/CC/C=C(C)/C=C/C(=O)C[C@@H]2C[C@H]1OC(C)(C)O2. The van der Waals surface area contributed by atoms with E-state index in [1.165, 1.54) is 0 Å². The second kappa shape index (κ2) is 11.1. The van der Waals surface area contributed by atoms with Crippen molar-refractivity contribution in [3.8, 4) is 0 Å². The quantitative estimate of drug-likeness (QED) is 0.533. The molecule has 5 heteroatoms. The zero-order valence-electron chi connectivity index (χ0n) is 19.9. The maximum absolute atomic E-state index is 13.0. The van der Waals surface area contributed by atoms with E-state index in [0.717, 1.165) is 24.0 Å². The van der Waals surface area contributed by atoms with Crippen molar-refractivity contribution in [2.75, 3.05) is 6.61 Å². The molecule has 3 atom stereocenters. The van der Waals surface area contributed by atoms with Crippen molar-refractivity contribution in [1.82, 2.24) is 0 Å². The molecular formula is C26H38O5. The molecule has 0 saturated carbocycles. The van der Waals surface area contributed by atoms with E-state index in [9.17, 15) is 9.59 Å². The van der Waals surface area contributed by atoms with Crippen molar-refractivity contribution in [2.45, 2.75) is 91.6 Å². The number of ether oxygens (including phenoxy) is 3. The van der Waals surface area contributed by atoms with Crippen LogP contribution in [0.1, 0.15) is 73.6 Å². The van der Waals surface area contributed by atoms with E-state index in [0.29, 0.717) is 19.4 Å². The van der Waals surface area contributed by atoms with E-state index >= 15 is 0 Å². The molecule has 0 spiro atoms. The van der Waals surface area contributed by atoms with Crippen molar-refractivity contribution in [3.63, 3.8) is 0 Å². The molecule has 2 bridgehead atoms. The molecule has 31 heavy (non-hydrogen) atoms. The number of rotatable bonds is 2. The molecule has 0 aromatic carbocycles. The third-order valence-corrected chi connectivity index (χ3v) is 5.80. The third-order valence-electron chi connectivity index (χ3n) is 5.80. The topological polar surface area (TPSA) is 61.8 Å². The summed E-state index contributed by atoms with van der Waals surface area (Å²) in [5, 5.41) is 0. The summed E-state index contributed by atoms with van der Waals surface area (Å²) in [5.41, 5.74) is 1.29. The number of carbonyl (C=O) groups is 2. The van der Waals surface area contributed by atoms with Gasteiger partial charge in [-0.05, 0) is 66.9 Å². The van der Waals surface area contributed by atoms with Crippen LogP contribution >= 0.6 is 0 Å². The van der Waals surface area contributed by atoms with Gasteiger partial charge in [-0.3, -0.25) is 9.59 Å². The lowest BCUT2D eigenvalue weighted by Gasteiger charge is -2.46. The second-order valence-corrected chi connectivity index (χ2v) is 9.20. The summed E-state index contributed by atoms with van der Waals surface area (Å²) < 4.78 is 17.7. The van der Waals surface area contributed by atoms with E-state index < -0.39 is 17.3 Å². The lowest BCUT2D eigenvalue weighted by Crippen LogP contribution is -2.53. The molecule has 2 rings (SSSR count). The standard InChI is InChI=1S/C26H38O5/c1-7-29-24(28)26(6)16-15-20(3)12-10-8-9-11-19(2)13-14-21(27)17-22-18-23(26)31-25(4,5)30-22/h10-15,22-23H,7-9,16-18H2,1-6H3/b12-10+,14-13+,19-11+,20-15+/t22-,23-,26-/m1/s1. The zero-order valence-corrected chi connectivity index (χ0v) is 19.9. The number of hydrogen-bond acceptors (Lipinski definition) is 5. The van der Waals surface area contributed by atoms with Crippen molar-refractivity contribution in [1.29, 1.82) is 0 Å². The van der Waals surface area contributed by atoms with Gasteiger partial charge in [0, 0.05) is 12.8 Å². The number of esters is 1. The first-order valence-electron chi connectivity index (χ1n) is 11.3. The number of allylic oxidation sites excluding steroid dienone is 8. The number of hydrogen-bond donors (Lipinski definition) is 0. The van der Waals surface area contributed by atoms with Crippen LogP contribution in [0.15, 0.2) is 47.6 Å². The molecule has 0 radical (unpaired) electrons. The van der Waals surface area contributed by atoms with Crippen LogP contribution in [0.3, 0.4) is 0 Å². The summed E-state index contributed by atoms with van der Waals surface area (Å²) in [4.78, 5) is 25.6. The number of fused-ring (bicyclic) bond motifs is 2. The van der Waals surface area contributed by atoms with Crippen LogP contribution in [-0.4, -0.2) is 36.4 Å². The fourth-order valence-electron chi connectivity index (χ4n) is 3.97.